The maximum absolute atomic E-state index is 14.8. The number of anilines is 2. The van der Waals surface area contributed by atoms with Crippen molar-refractivity contribution in [1.82, 2.24) is 15.2 Å². The molecule has 2 heterocycles. The standard InChI is InChI=1S/C25H16F2N4O2.2C2H6/c26-16-2-1-3-17(13-16)29-25-9-7-21(30-31-25)15-4-8-24(20(27)12-15)33-23-10-11-28-22-6-5-18(32)14-19(22)23;2*1-2/h1-14,32H,(H,29,31);2*1-2H3. The van der Waals surface area contributed by atoms with Crippen molar-refractivity contribution in [3.05, 3.63) is 96.7 Å². The van der Waals surface area contributed by atoms with Crippen LogP contribution in [0, 0.1) is 11.6 Å². The van der Waals surface area contributed by atoms with Gasteiger partial charge in [-0.15, -0.1) is 10.2 Å². The van der Waals surface area contributed by atoms with Gasteiger partial charge in [0.1, 0.15) is 17.3 Å². The van der Waals surface area contributed by atoms with Gasteiger partial charge in [-0.25, -0.2) is 8.78 Å². The smallest absolute Gasteiger partial charge is 0.166 e. The lowest BCUT2D eigenvalue weighted by atomic mass is 10.1. The van der Waals surface area contributed by atoms with Crippen LogP contribution in [0.2, 0.25) is 0 Å². The number of pyridine rings is 1. The summed E-state index contributed by atoms with van der Waals surface area (Å²) in [5.74, 6) is -0.0648. The minimum atomic E-state index is -0.582. The van der Waals surface area contributed by atoms with Crippen LogP contribution < -0.4 is 10.1 Å². The number of nitrogens with zero attached hydrogens (tertiary/aromatic N) is 3. The molecule has 3 aromatic carbocycles. The lowest BCUT2D eigenvalue weighted by Gasteiger charge is -2.11. The first-order valence-corrected chi connectivity index (χ1v) is 12.0. The molecule has 0 aliphatic heterocycles. The van der Waals surface area contributed by atoms with Gasteiger partial charge in [-0.3, -0.25) is 4.98 Å². The Morgan fingerprint density at radius 3 is 2.30 bits per heavy atom. The fraction of sp³-hybridized carbons (Fsp3) is 0.138. The second-order valence-electron chi connectivity index (χ2n) is 7.20. The third-order valence-corrected chi connectivity index (χ3v) is 4.89. The van der Waals surface area contributed by atoms with E-state index in [1.165, 1.54) is 36.4 Å². The quantitative estimate of drug-likeness (QED) is 0.252. The Labute approximate surface area is 214 Å². The molecule has 5 aromatic rings. The lowest BCUT2D eigenvalue weighted by Crippen LogP contribution is -1.97. The highest BCUT2D eigenvalue weighted by Gasteiger charge is 2.12. The lowest BCUT2D eigenvalue weighted by molar-refractivity contribution is 0.445. The van der Waals surface area contributed by atoms with Crippen LogP contribution in [-0.4, -0.2) is 20.3 Å². The fourth-order valence-corrected chi connectivity index (χ4v) is 3.33. The van der Waals surface area contributed by atoms with E-state index in [1.54, 1.807) is 48.7 Å². The minimum Gasteiger partial charge on any atom is -0.508 e. The van der Waals surface area contributed by atoms with Gasteiger partial charge in [0.05, 0.1) is 11.2 Å². The van der Waals surface area contributed by atoms with E-state index in [0.717, 1.165) is 0 Å². The Hall–Kier alpha value is -4.59. The van der Waals surface area contributed by atoms with E-state index in [4.69, 9.17) is 4.74 Å². The molecule has 0 radical (unpaired) electrons. The molecule has 37 heavy (non-hydrogen) atoms. The topological polar surface area (TPSA) is 80.2 Å². The van der Waals surface area contributed by atoms with Gasteiger partial charge in [0.15, 0.2) is 17.4 Å². The van der Waals surface area contributed by atoms with Crippen molar-refractivity contribution < 1.29 is 18.6 Å². The van der Waals surface area contributed by atoms with Crippen molar-refractivity contribution in [2.24, 2.45) is 0 Å². The van der Waals surface area contributed by atoms with Gasteiger partial charge >= 0.3 is 0 Å². The number of halogens is 2. The predicted molar refractivity (Wildman–Crippen MR) is 143 cm³/mol. The SMILES string of the molecule is CC.CC.Oc1ccc2nccc(Oc3ccc(-c4ccc(Nc5cccc(F)c5)nn4)cc3F)c2c1. The number of phenols is 1. The average molecular weight is 503 g/mol. The molecule has 0 aliphatic rings. The first-order valence-electron chi connectivity index (χ1n) is 12.0. The van der Waals surface area contributed by atoms with E-state index in [9.17, 15) is 13.9 Å². The fourth-order valence-electron chi connectivity index (χ4n) is 3.33. The molecular weight excluding hydrogens is 474 g/mol. The number of hydrogen-bond donors (Lipinski definition) is 2. The molecule has 2 N–H and O–H groups in total. The summed E-state index contributed by atoms with van der Waals surface area (Å²) in [5.41, 5.74) is 2.14. The van der Waals surface area contributed by atoms with E-state index < -0.39 is 5.82 Å². The first kappa shape index (κ1) is 27.0. The van der Waals surface area contributed by atoms with E-state index >= 15 is 0 Å². The number of ether oxygens (including phenoxy) is 1. The van der Waals surface area contributed by atoms with E-state index in [-0.39, 0.29) is 17.3 Å². The number of aromatic nitrogens is 3. The van der Waals surface area contributed by atoms with Crippen LogP contribution in [0.3, 0.4) is 0 Å². The molecule has 0 unspecified atom stereocenters. The number of rotatable bonds is 5. The number of phenolic OH excluding ortho intramolecular Hbond substituents is 1. The summed E-state index contributed by atoms with van der Waals surface area (Å²) in [6.07, 6.45) is 1.55. The van der Waals surface area contributed by atoms with Crippen molar-refractivity contribution >= 4 is 22.4 Å². The maximum atomic E-state index is 14.8. The number of nitrogens with one attached hydrogen (secondary N) is 1. The van der Waals surface area contributed by atoms with E-state index in [2.05, 4.69) is 20.5 Å². The predicted octanol–water partition coefficient (Wildman–Crippen LogP) is 8.26. The van der Waals surface area contributed by atoms with Crippen molar-refractivity contribution in [3.8, 4) is 28.5 Å². The van der Waals surface area contributed by atoms with Gasteiger partial charge in [0, 0.05) is 22.8 Å². The largest absolute Gasteiger partial charge is 0.508 e. The second-order valence-corrected chi connectivity index (χ2v) is 7.20. The summed E-state index contributed by atoms with van der Waals surface area (Å²) in [6, 6.07) is 20.1. The van der Waals surface area contributed by atoms with E-state index in [0.29, 0.717) is 39.4 Å². The van der Waals surface area contributed by atoms with Gasteiger partial charge in [0.2, 0.25) is 0 Å². The molecule has 0 fully saturated rings. The molecule has 0 amide bonds. The van der Waals surface area contributed by atoms with Crippen molar-refractivity contribution in [3.63, 3.8) is 0 Å². The zero-order valence-corrected chi connectivity index (χ0v) is 21.0. The Morgan fingerprint density at radius 1 is 0.784 bits per heavy atom. The molecule has 0 aliphatic carbocycles. The van der Waals surface area contributed by atoms with Gasteiger partial charge in [-0.1, -0.05) is 33.8 Å². The van der Waals surface area contributed by atoms with Crippen molar-refractivity contribution in [2.45, 2.75) is 27.7 Å². The summed E-state index contributed by atoms with van der Waals surface area (Å²) in [5, 5.41) is 21.5. The van der Waals surface area contributed by atoms with Crippen LogP contribution in [0.25, 0.3) is 22.2 Å². The monoisotopic (exact) mass is 502 g/mol. The van der Waals surface area contributed by atoms with Crippen LogP contribution in [0.15, 0.2) is 85.1 Å². The highest BCUT2D eigenvalue weighted by atomic mass is 19.1. The zero-order valence-electron chi connectivity index (χ0n) is 21.0. The molecule has 190 valence electrons. The van der Waals surface area contributed by atoms with Gasteiger partial charge in [-0.05, 0) is 72.8 Å². The third-order valence-electron chi connectivity index (χ3n) is 4.89. The number of hydrogen-bond acceptors (Lipinski definition) is 6. The van der Waals surface area contributed by atoms with Crippen molar-refractivity contribution in [1.29, 1.82) is 0 Å². The molecule has 0 saturated heterocycles. The van der Waals surface area contributed by atoms with Gasteiger partial charge < -0.3 is 15.2 Å². The molecule has 6 nitrogen and oxygen atoms in total. The number of aromatic hydroxyl groups is 1. The highest BCUT2D eigenvalue weighted by molar-refractivity contribution is 5.86. The molecular formula is C29H28F2N4O2. The molecule has 2 aromatic heterocycles. The minimum absolute atomic E-state index is 0.0203. The molecule has 5 rings (SSSR count). The van der Waals surface area contributed by atoms with Crippen LogP contribution >= 0.6 is 0 Å². The van der Waals surface area contributed by atoms with Crippen LogP contribution in [0.1, 0.15) is 27.7 Å². The Kier molecular flexibility index (Phi) is 9.43. The summed E-state index contributed by atoms with van der Waals surface area (Å²) < 4.78 is 33.9. The Bertz CT molecular complexity index is 1460. The number of fused-ring (bicyclic) bond motifs is 1. The summed E-state index contributed by atoms with van der Waals surface area (Å²) in [6.45, 7) is 8.00. The maximum Gasteiger partial charge on any atom is 0.166 e. The number of benzene rings is 3. The molecule has 0 bridgehead atoms. The zero-order chi connectivity index (χ0) is 26.8. The molecule has 0 spiro atoms. The third kappa shape index (κ3) is 6.76. The Balaban J connectivity index is 0.000000907. The summed E-state index contributed by atoms with van der Waals surface area (Å²) in [4.78, 5) is 4.21. The Morgan fingerprint density at radius 2 is 1.59 bits per heavy atom. The first-order chi connectivity index (χ1) is 18.0. The van der Waals surface area contributed by atoms with Gasteiger partial charge in [-0.2, -0.15) is 0 Å². The van der Waals surface area contributed by atoms with Crippen LogP contribution in [0.5, 0.6) is 17.2 Å². The van der Waals surface area contributed by atoms with Crippen molar-refractivity contribution in [2.75, 3.05) is 5.32 Å². The normalized spacial score (nSPS) is 10.0. The molecule has 8 heteroatoms. The molecule has 0 saturated carbocycles. The average Bonchev–Trinajstić information content (AvgIpc) is 2.93. The van der Waals surface area contributed by atoms with E-state index in [1.807, 2.05) is 27.7 Å². The van der Waals surface area contributed by atoms with Gasteiger partial charge in [0.25, 0.3) is 0 Å². The van der Waals surface area contributed by atoms with Crippen LogP contribution in [-0.2, 0) is 0 Å². The van der Waals surface area contributed by atoms with Crippen LogP contribution in [0.4, 0.5) is 20.3 Å². The summed E-state index contributed by atoms with van der Waals surface area (Å²) >= 11 is 0. The second kappa shape index (κ2) is 12.9. The summed E-state index contributed by atoms with van der Waals surface area (Å²) in [7, 11) is 0. The molecule has 0 atom stereocenters. The highest BCUT2D eigenvalue weighted by Crippen LogP contribution is 2.33.